The molecule has 1 saturated carbocycles. The number of carbonyl (C=O) groups is 2. The zero-order chi connectivity index (χ0) is 20.2. The van der Waals surface area contributed by atoms with Gasteiger partial charge in [-0.1, -0.05) is 0 Å². The van der Waals surface area contributed by atoms with E-state index in [0.29, 0.717) is 13.1 Å². The molecule has 0 aromatic carbocycles. The zero-order valence-electron chi connectivity index (χ0n) is 17.1. The Balaban J connectivity index is 1.38. The number of likely N-dealkylation sites (tertiary alicyclic amines) is 1. The fourth-order valence-electron chi connectivity index (χ4n) is 5.13. The summed E-state index contributed by atoms with van der Waals surface area (Å²) in [5.41, 5.74) is 1.79. The largest absolute Gasteiger partial charge is 0.348 e. The molecule has 2 aromatic rings. The van der Waals surface area contributed by atoms with Crippen molar-refractivity contribution >= 4 is 11.8 Å². The molecule has 1 aliphatic carbocycles. The molecule has 2 aliphatic heterocycles. The van der Waals surface area contributed by atoms with Crippen LogP contribution in [0.25, 0.3) is 0 Å². The summed E-state index contributed by atoms with van der Waals surface area (Å²) in [6.45, 7) is 5.85. The number of H-pyrrole nitrogens is 1. The lowest BCUT2D eigenvalue weighted by atomic mass is 9.78. The highest BCUT2D eigenvalue weighted by atomic mass is 16.2. The Bertz CT molecular complexity index is 935. The van der Waals surface area contributed by atoms with Crippen LogP contribution in [0.1, 0.15) is 55.9 Å². The van der Waals surface area contributed by atoms with Crippen molar-refractivity contribution in [1.82, 2.24) is 29.3 Å². The van der Waals surface area contributed by atoms with Gasteiger partial charge in [-0.2, -0.15) is 0 Å². The van der Waals surface area contributed by atoms with Crippen LogP contribution in [-0.2, 0) is 21.5 Å². The monoisotopic (exact) mass is 396 g/mol. The van der Waals surface area contributed by atoms with Crippen molar-refractivity contribution in [3.05, 3.63) is 35.9 Å². The number of aromatic amines is 1. The molecular formula is C21H28N6O2. The first kappa shape index (κ1) is 18.4. The number of carbonyl (C=O) groups excluding carboxylic acids is 2. The van der Waals surface area contributed by atoms with Crippen LogP contribution in [0.4, 0.5) is 0 Å². The minimum Gasteiger partial charge on any atom is -0.348 e. The average Bonchev–Trinajstić information content (AvgIpc) is 3.31. The third-order valence-electron chi connectivity index (χ3n) is 6.99. The summed E-state index contributed by atoms with van der Waals surface area (Å²) in [7, 11) is 0. The Morgan fingerprint density at radius 3 is 2.62 bits per heavy atom. The molecular weight excluding hydrogens is 368 g/mol. The molecule has 0 radical (unpaired) electrons. The van der Waals surface area contributed by atoms with Crippen LogP contribution in [0, 0.1) is 12.8 Å². The highest BCUT2D eigenvalue weighted by molar-refractivity contribution is 5.83. The van der Waals surface area contributed by atoms with Crippen LogP contribution in [0.5, 0.6) is 0 Å². The highest BCUT2D eigenvalue weighted by Gasteiger charge is 2.51. The van der Waals surface area contributed by atoms with Crippen molar-refractivity contribution in [3.8, 4) is 0 Å². The number of aromatic nitrogens is 4. The molecule has 8 heteroatoms. The number of aryl methyl sites for hydroxylation is 1. The molecule has 2 fully saturated rings. The van der Waals surface area contributed by atoms with Crippen LogP contribution < -0.4 is 0 Å². The summed E-state index contributed by atoms with van der Waals surface area (Å²) >= 11 is 0. The zero-order valence-corrected chi connectivity index (χ0v) is 17.1. The Morgan fingerprint density at radius 1 is 1.21 bits per heavy atom. The molecule has 5 rings (SSSR count). The van der Waals surface area contributed by atoms with Gasteiger partial charge in [0.15, 0.2) is 0 Å². The summed E-state index contributed by atoms with van der Waals surface area (Å²) in [5, 5.41) is 0. The molecule has 4 heterocycles. The lowest BCUT2D eigenvalue weighted by Crippen LogP contribution is -2.59. The van der Waals surface area contributed by atoms with E-state index < -0.39 is 0 Å². The summed E-state index contributed by atoms with van der Waals surface area (Å²) in [6, 6.07) is -0.275. The molecule has 1 spiro atoms. The van der Waals surface area contributed by atoms with Gasteiger partial charge in [-0.05, 0) is 39.5 Å². The molecule has 2 aromatic heterocycles. The van der Waals surface area contributed by atoms with Crippen LogP contribution in [0.15, 0.2) is 18.7 Å². The first-order valence-electron chi connectivity index (χ1n) is 10.6. The SMILES string of the molecule is Cc1nccn1C(C)C(=O)N1CCC2(CC1)c1nc[nH]c1CCN2C(=O)C1CC1. The fraction of sp³-hybridized carbons (Fsp3) is 0.619. The van der Waals surface area contributed by atoms with E-state index in [1.807, 2.05) is 29.5 Å². The number of rotatable bonds is 3. The van der Waals surface area contributed by atoms with Gasteiger partial charge in [0, 0.05) is 50.1 Å². The van der Waals surface area contributed by atoms with E-state index in [1.165, 1.54) is 0 Å². The van der Waals surface area contributed by atoms with Gasteiger partial charge >= 0.3 is 0 Å². The molecule has 1 saturated heterocycles. The van der Waals surface area contributed by atoms with Crippen molar-refractivity contribution in [2.45, 2.75) is 57.5 Å². The smallest absolute Gasteiger partial charge is 0.245 e. The molecule has 8 nitrogen and oxygen atoms in total. The maximum absolute atomic E-state index is 13.1. The third kappa shape index (κ3) is 2.88. The number of fused-ring (bicyclic) bond motifs is 2. The molecule has 0 bridgehead atoms. The van der Waals surface area contributed by atoms with Crippen molar-refractivity contribution in [3.63, 3.8) is 0 Å². The Morgan fingerprint density at radius 2 is 1.97 bits per heavy atom. The molecule has 1 unspecified atom stereocenters. The number of nitrogens with zero attached hydrogens (tertiary/aromatic N) is 5. The van der Waals surface area contributed by atoms with Crippen LogP contribution >= 0.6 is 0 Å². The standard InChI is InChI=1S/C21H28N6O2/c1-14(26-12-8-22-15(26)2)19(28)25-10-6-21(7-11-25)18-17(23-13-24-18)5-9-27(21)20(29)16-3-4-16/h8,12-14,16H,3-7,9-11H2,1-2H3,(H,23,24). The summed E-state index contributed by atoms with van der Waals surface area (Å²) in [5.74, 6) is 1.42. The molecule has 3 aliphatic rings. The fourth-order valence-corrected chi connectivity index (χ4v) is 5.13. The van der Waals surface area contributed by atoms with Crippen LogP contribution in [-0.4, -0.2) is 60.8 Å². The van der Waals surface area contributed by atoms with Crippen molar-refractivity contribution in [1.29, 1.82) is 0 Å². The second kappa shape index (κ2) is 6.71. The van der Waals surface area contributed by atoms with Gasteiger partial charge < -0.3 is 19.4 Å². The molecule has 2 amide bonds. The van der Waals surface area contributed by atoms with Gasteiger partial charge in [0.05, 0.1) is 17.6 Å². The van der Waals surface area contributed by atoms with Gasteiger partial charge in [-0.15, -0.1) is 0 Å². The maximum atomic E-state index is 13.1. The van der Waals surface area contributed by atoms with Crippen molar-refractivity contribution < 1.29 is 9.59 Å². The van der Waals surface area contributed by atoms with Gasteiger partial charge in [-0.3, -0.25) is 9.59 Å². The number of piperidine rings is 1. The summed E-state index contributed by atoms with van der Waals surface area (Å²) < 4.78 is 1.92. The normalized spacial score (nSPS) is 21.9. The molecule has 1 N–H and O–H groups in total. The predicted molar refractivity (Wildman–Crippen MR) is 106 cm³/mol. The van der Waals surface area contributed by atoms with E-state index in [4.69, 9.17) is 0 Å². The second-order valence-corrected chi connectivity index (χ2v) is 8.66. The van der Waals surface area contributed by atoms with Crippen molar-refractivity contribution in [2.24, 2.45) is 5.92 Å². The van der Waals surface area contributed by atoms with E-state index in [2.05, 4.69) is 19.9 Å². The van der Waals surface area contributed by atoms with Gasteiger partial charge in [0.2, 0.25) is 11.8 Å². The Labute approximate surface area is 170 Å². The number of imidazole rings is 2. The maximum Gasteiger partial charge on any atom is 0.245 e. The van der Waals surface area contributed by atoms with Gasteiger partial charge in [0.25, 0.3) is 0 Å². The van der Waals surface area contributed by atoms with Gasteiger partial charge in [-0.25, -0.2) is 9.97 Å². The first-order valence-corrected chi connectivity index (χ1v) is 10.6. The first-order chi connectivity index (χ1) is 14.0. The Kier molecular flexibility index (Phi) is 4.26. The van der Waals surface area contributed by atoms with Crippen LogP contribution in [0.3, 0.4) is 0 Å². The summed E-state index contributed by atoms with van der Waals surface area (Å²) in [6.07, 6.45) is 9.66. The third-order valence-corrected chi connectivity index (χ3v) is 6.99. The Hall–Kier alpha value is -2.64. The van der Waals surface area contributed by atoms with E-state index in [9.17, 15) is 9.59 Å². The van der Waals surface area contributed by atoms with Gasteiger partial charge in [0.1, 0.15) is 11.9 Å². The highest BCUT2D eigenvalue weighted by Crippen LogP contribution is 2.45. The quantitative estimate of drug-likeness (QED) is 0.857. The lowest BCUT2D eigenvalue weighted by Gasteiger charge is -2.50. The topological polar surface area (TPSA) is 87.1 Å². The minimum absolute atomic E-state index is 0.110. The van der Waals surface area contributed by atoms with E-state index >= 15 is 0 Å². The van der Waals surface area contributed by atoms with E-state index in [0.717, 1.165) is 55.9 Å². The minimum atomic E-state index is -0.377. The predicted octanol–water partition coefficient (Wildman–Crippen LogP) is 1.79. The van der Waals surface area contributed by atoms with E-state index in [-0.39, 0.29) is 29.3 Å². The summed E-state index contributed by atoms with van der Waals surface area (Å²) in [4.78, 5) is 42.4. The number of nitrogens with one attached hydrogen (secondary N) is 1. The van der Waals surface area contributed by atoms with Crippen molar-refractivity contribution in [2.75, 3.05) is 19.6 Å². The molecule has 29 heavy (non-hydrogen) atoms. The molecule has 154 valence electrons. The average molecular weight is 396 g/mol. The second-order valence-electron chi connectivity index (χ2n) is 8.66. The molecule has 1 atom stereocenters. The number of amides is 2. The number of hydrogen-bond acceptors (Lipinski definition) is 4. The number of hydrogen-bond donors (Lipinski definition) is 1. The van der Waals surface area contributed by atoms with Crippen LogP contribution in [0.2, 0.25) is 0 Å². The lowest BCUT2D eigenvalue weighted by molar-refractivity contribution is -0.146. The van der Waals surface area contributed by atoms with E-state index in [1.54, 1.807) is 12.5 Å².